The minimum Gasteiger partial charge on any atom is -0.468 e. The van der Waals surface area contributed by atoms with Gasteiger partial charge in [0.05, 0.1) is 12.8 Å². The third-order valence-corrected chi connectivity index (χ3v) is 3.19. The highest BCUT2D eigenvalue weighted by molar-refractivity contribution is 6.03. The van der Waals surface area contributed by atoms with Crippen molar-refractivity contribution in [1.29, 1.82) is 0 Å². The molecular weight excluding hydrogens is 228 g/mol. The summed E-state index contributed by atoms with van der Waals surface area (Å²) in [4.78, 5) is 11.9. The highest BCUT2D eigenvalue weighted by Crippen LogP contribution is 2.33. The summed E-state index contributed by atoms with van der Waals surface area (Å²) in [6, 6.07) is 9.36. The van der Waals surface area contributed by atoms with Gasteiger partial charge in [0.15, 0.2) is 0 Å². The van der Waals surface area contributed by atoms with Crippen molar-refractivity contribution in [2.24, 2.45) is 0 Å². The minimum atomic E-state index is -0.301. The molecule has 1 unspecified atom stereocenters. The van der Waals surface area contributed by atoms with Crippen molar-refractivity contribution in [2.75, 3.05) is 5.32 Å². The van der Waals surface area contributed by atoms with Crippen LogP contribution in [0.3, 0.4) is 0 Å². The van der Waals surface area contributed by atoms with Crippen molar-refractivity contribution >= 4 is 11.6 Å². The first kappa shape index (κ1) is 11.0. The fraction of sp³-hybridized carbons (Fsp3) is 0.214. The number of hydrogen-bond acceptors (Lipinski definition) is 3. The Morgan fingerprint density at radius 1 is 1.33 bits per heavy atom. The molecule has 92 valence electrons. The first-order valence-electron chi connectivity index (χ1n) is 5.92. The lowest BCUT2D eigenvalue weighted by Crippen LogP contribution is -2.26. The van der Waals surface area contributed by atoms with E-state index in [0.717, 1.165) is 22.6 Å². The monoisotopic (exact) mass is 242 g/mol. The molecule has 0 aliphatic carbocycles. The van der Waals surface area contributed by atoms with Crippen LogP contribution >= 0.6 is 0 Å². The lowest BCUT2D eigenvalue weighted by molar-refractivity contribution is -0.117. The smallest absolute Gasteiger partial charge is 0.246 e. The van der Waals surface area contributed by atoms with Crippen LogP contribution in [0.4, 0.5) is 5.69 Å². The maximum Gasteiger partial charge on any atom is 0.246 e. The number of anilines is 1. The van der Waals surface area contributed by atoms with E-state index < -0.39 is 0 Å². The van der Waals surface area contributed by atoms with Gasteiger partial charge in [0.1, 0.15) is 11.8 Å². The summed E-state index contributed by atoms with van der Waals surface area (Å²) in [5.41, 5.74) is 3.02. The number of fused-ring (bicyclic) bond motifs is 1. The molecule has 4 heteroatoms. The van der Waals surface area contributed by atoms with Gasteiger partial charge in [0, 0.05) is 11.3 Å². The van der Waals surface area contributed by atoms with E-state index in [0.29, 0.717) is 6.54 Å². The fourth-order valence-corrected chi connectivity index (χ4v) is 2.26. The molecule has 1 aromatic heterocycles. The molecule has 0 fully saturated rings. The van der Waals surface area contributed by atoms with Gasteiger partial charge in [-0.2, -0.15) is 0 Å². The van der Waals surface area contributed by atoms with E-state index in [9.17, 15) is 4.79 Å². The van der Waals surface area contributed by atoms with E-state index in [1.165, 1.54) is 0 Å². The number of rotatable bonds is 3. The summed E-state index contributed by atoms with van der Waals surface area (Å²) >= 11 is 0. The lowest BCUT2D eigenvalue weighted by Gasteiger charge is -2.10. The second-order valence-electron chi connectivity index (χ2n) is 4.42. The first-order chi connectivity index (χ1) is 8.75. The summed E-state index contributed by atoms with van der Waals surface area (Å²) in [6.07, 6.45) is 1.63. The van der Waals surface area contributed by atoms with Crippen molar-refractivity contribution in [1.82, 2.24) is 5.32 Å². The van der Waals surface area contributed by atoms with Crippen molar-refractivity contribution < 1.29 is 9.21 Å². The van der Waals surface area contributed by atoms with E-state index in [4.69, 9.17) is 4.42 Å². The Kier molecular flexibility index (Phi) is 2.64. The van der Waals surface area contributed by atoms with Crippen LogP contribution in [0.2, 0.25) is 0 Å². The van der Waals surface area contributed by atoms with Gasteiger partial charge < -0.3 is 9.73 Å². The van der Waals surface area contributed by atoms with Gasteiger partial charge >= 0.3 is 0 Å². The zero-order valence-electron chi connectivity index (χ0n) is 10.1. The SMILES string of the molecule is Cc1cccc2c1NC(=O)C2NCc1ccco1. The maximum absolute atomic E-state index is 11.9. The second-order valence-corrected chi connectivity index (χ2v) is 4.42. The van der Waals surface area contributed by atoms with Gasteiger partial charge in [-0.15, -0.1) is 0 Å². The van der Waals surface area contributed by atoms with Crippen LogP contribution in [0.5, 0.6) is 0 Å². The van der Waals surface area contributed by atoms with Gasteiger partial charge in [-0.1, -0.05) is 18.2 Å². The van der Waals surface area contributed by atoms with Crippen LogP contribution in [0.25, 0.3) is 0 Å². The number of carbonyl (C=O) groups is 1. The summed E-state index contributed by atoms with van der Waals surface area (Å²) in [5.74, 6) is 0.815. The van der Waals surface area contributed by atoms with Gasteiger partial charge in [0.2, 0.25) is 5.91 Å². The molecule has 4 nitrogen and oxygen atoms in total. The molecular formula is C14H14N2O2. The average Bonchev–Trinajstić information content (AvgIpc) is 2.95. The van der Waals surface area contributed by atoms with Gasteiger partial charge in [-0.05, 0) is 24.6 Å². The number of aryl methyl sites for hydroxylation is 1. The van der Waals surface area contributed by atoms with Gasteiger partial charge in [-0.25, -0.2) is 0 Å². The molecule has 2 N–H and O–H groups in total. The topological polar surface area (TPSA) is 54.3 Å². The standard InChI is InChI=1S/C14H14N2O2/c1-9-4-2-6-11-12(9)16-14(17)13(11)15-8-10-5-3-7-18-10/h2-7,13,15H,8H2,1H3,(H,16,17). The molecule has 3 rings (SSSR count). The normalized spacial score (nSPS) is 17.6. The third-order valence-electron chi connectivity index (χ3n) is 3.19. The van der Waals surface area contributed by atoms with Crippen LogP contribution in [-0.2, 0) is 11.3 Å². The molecule has 0 radical (unpaired) electrons. The zero-order chi connectivity index (χ0) is 12.5. The predicted molar refractivity (Wildman–Crippen MR) is 68.1 cm³/mol. The highest BCUT2D eigenvalue weighted by atomic mass is 16.3. The molecule has 1 atom stereocenters. The van der Waals surface area contributed by atoms with E-state index in [2.05, 4.69) is 10.6 Å². The van der Waals surface area contributed by atoms with E-state index in [1.807, 2.05) is 37.3 Å². The van der Waals surface area contributed by atoms with Crippen LogP contribution in [0.15, 0.2) is 41.0 Å². The molecule has 0 saturated heterocycles. The number of amides is 1. The molecule has 2 heterocycles. The Bertz CT molecular complexity index is 575. The van der Waals surface area contributed by atoms with Crippen molar-refractivity contribution in [3.8, 4) is 0 Å². The molecule has 0 saturated carbocycles. The van der Waals surface area contributed by atoms with Gasteiger partial charge in [-0.3, -0.25) is 10.1 Å². The Morgan fingerprint density at radius 2 is 2.22 bits per heavy atom. The van der Waals surface area contributed by atoms with Crippen molar-refractivity contribution in [2.45, 2.75) is 19.5 Å². The Balaban J connectivity index is 1.81. The van der Waals surface area contributed by atoms with Crippen LogP contribution in [0.1, 0.15) is 22.9 Å². The molecule has 1 aliphatic heterocycles. The van der Waals surface area contributed by atoms with E-state index >= 15 is 0 Å². The van der Waals surface area contributed by atoms with Crippen molar-refractivity contribution in [3.63, 3.8) is 0 Å². The lowest BCUT2D eigenvalue weighted by atomic mass is 10.1. The molecule has 1 amide bonds. The summed E-state index contributed by atoms with van der Waals surface area (Å²) in [5, 5.41) is 6.13. The van der Waals surface area contributed by atoms with Gasteiger partial charge in [0.25, 0.3) is 0 Å². The highest BCUT2D eigenvalue weighted by Gasteiger charge is 2.30. The van der Waals surface area contributed by atoms with E-state index in [1.54, 1.807) is 6.26 Å². The maximum atomic E-state index is 11.9. The number of furan rings is 1. The van der Waals surface area contributed by atoms with E-state index in [-0.39, 0.29) is 11.9 Å². The molecule has 1 aliphatic rings. The number of para-hydroxylation sites is 1. The third kappa shape index (κ3) is 1.80. The van der Waals surface area contributed by atoms with Crippen LogP contribution < -0.4 is 10.6 Å². The molecule has 2 aromatic rings. The number of hydrogen-bond donors (Lipinski definition) is 2. The summed E-state index contributed by atoms with van der Waals surface area (Å²) in [6.45, 7) is 2.53. The number of nitrogens with one attached hydrogen (secondary N) is 2. The Morgan fingerprint density at radius 3 is 3.00 bits per heavy atom. The largest absolute Gasteiger partial charge is 0.468 e. The average molecular weight is 242 g/mol. The van der Waals surface area contributed by atoms with Crippen LogP contribution in [-0.4, -0.2) is 5.91 Å². The molecule has 1 aromatic carbocycles. The fourth-order valence-electron chi connectivity index (χ4n) is 2.26. The molecule has 0 bridgehead atoms. The number of carbonyl (C=O) groups excluding carboxylic acids is 1. The first-order valence-corrected chi connectivity index (χ1v) is 5.92. The minimum absolute atomic E-state index is 0.00847. The summed E-state index contributed by atoms with van der Waals surface area (Å²) < 4.78 is 5.25. The Hall–Kier alpha value is -2.07. The number of benzene rings is 1. The zero-order valence-corrected chi connectivity index (χ0v) is 10.1. The quantitative estimate of drug-likeness (QED) is 0.868. The Labute approximate surface area is 105 Å². The van der Waals surface area contributed by atoms with Crippen LogP contribution in [0, 0.1) is 6.92 Å². The van der Waals surface area contributed by atoms with Crippen molar-refractivity contribution in [3.05, 3.63) is 53.5 Å². The molecule has 0 spiro atoms. The summed E-state index contributed by atoms with van der Waals surface area (Å²) in [7, 11) is 0. The second kappa shape index (κ2) is 4.31. The molecule has 18 heavy (non-hydrogen) atoms. The predicted octanol–water partition coefficient (Wildman–Crippen LogP) is 2.37.